The van der Waals surface area contributed by atoms with Crippen molar-refractivity contribution in [3.8, 4) is 0 Å². The zero-order valence-corrected chi connectivity index (χ0v) is 15.1. The van der Waals surface area contributed by atoms with Crippen LogP contribution in [0.15, 0.2) is 0 Å². The van der Waals surface area contributed by atoms with Crippen LogP contribution in [0.4, 0.5) is 0 Å². The fourth-order valence-corrected chi connectivity index (χ4v) is 2.58. The van der Waals surface area contributed by atoms with Gasteiger partial charge in [-0.25, -0.2) is 0 Å². The lowest BCUT2D eigenvalue weighted by molar-refractivity contribution is -0.115. The number of rotatable bonds is 13. The maximum atomic E-state index is 11.3. The summed E-state index contributed by atoms with van der Waals surface area (Å²) < 4.78 is 0. The molecule has 0 amide bonds. The highest BCUT2D eigenvalue weighted by Crippen LogP contribution is 2.21. The van der Waals surface area contributed by atoms with Gasteiger partial charge < -0.3 is 0 Å². The molecule has 0 rings (SSSR count). The Balaban J connectivity index is 0. The number of carbonyl (C=O) groups is 1. The second-order valence-corrected chi connectivity index (χ2v) is 5.78. The minimum atomic E-state index is -0.111. The van der Waals surface area contributed by atoms with Gasteiger partial charge in [-0.2, -0.15) is 0 Å². The summed E-state index contributed by atoms with van der Waals surface area (Å²) in [6, 6.07) is 0. The van der Waals surface area contributed by atoms with Gasteiger partial charge >= 0.3 is 0 Å². The van der Waals surface area contributed by atoms with Gasteiger partial charge in [-0.1, -0.05) is 91.9 Å². The topological polar surface area (TPSA) is 17.1 Å². The highest BCUT2D eigenvalue weighted by Gasteiger charge is 2.15. The molecule has 0 fully saturated rings. The molecule has 1 atom stereocenters. The highest BCUT2D eigenvalue weighted by molar-refractivity contribution is 6.63. The highest BCUT2D eigenvalue weighted by atomic mass is 35.5. The minimum Gasteiger partial charge on any atom is -0.281 e. The van der Waals surface area contributed by atoms with Crippen LogP contribution in [0.3, 0.4) is 0 Å². The lowest BCUT2D eigenvalue weighted by Crippen LogP contribution is -2.08. The van der Waals surface area contributed by atoms with E-state index in [-0.39, 0.29) is 11.2 Å². The summed E-state index contributed by atoms with van der Waals surface area (Å²) in [6.45, 7) is 8.44. The molecule has 1 nitrogen and oxygen atoms in total. The quantitative estimate of drug-likeness (QED) is 0.261. The molecular weight excluding hydrogens is 268 g/mol. The normalized spacial score (nSPS) is 11.7. The van der Waals surface area contributed by atoms with Crippen LogP contribution in [-0.4, -0.2) is 5.24 Å². The SMILES string of the molecule is CC.CCCCCCCCC(CCCCCC)C(=O)Cl. The van der Waals surface area contributed by atoms with E-state index in [0.717, 1.165) is 19.3 Å². The van der Waals surface area contributed by atoms with Crippen LogP contribution >= 0.6 is 11.6 Å². The van der Waals surface area contributed by atoms with Gasteiger partial charge in [0.05, 0.1) is 0 Å². The molecule has 1 unspecified atom stereocenters. The van der Waals surface area contributed by atoms with Crippen LogP contribution in [0, 0.1) is 5.92 Å². The molecular formula is C18H37ClO. The van der Waals surface area contributed by atoms with Crippen LogP contribution in [-0.2, 0) is 4.79 Å². The first-order valence-corrected chi connectivity index (χ1v) is 9.29. The van der Waals surface area contributed by atoms with E-state index in [4.69, 9.17) is 11.6 Å². The van der Waals surface area contributed by atoms with Crippen molar-refractivity contribution < 1.29 is 4.79 Å². The van der Waals surface area contributed by atoms with Crippen molar-refractivity contribution in [2.45, 2.75) is 105 Å². The van der Waals surface area contributed by atoms with Gasteiger partial charge in [-0.15, -0.1) is 0 Å². The summed E-state index contributed by atoms with van der Waals surface area (Å²) in [5.41, 5.74) is 0. The first kappa shape index (κ1) is 22.2. The van der Waals surface area contributed by atoms with E-state index in [1.165, 1.54) is 57.8 Å². The van der Waals surface area contributed by atoms with Crippen molar-refractivity contribution in [3.05, 3.63) is 0 Å². The molecule has 0 saturated heterocycles. The largest absolute Gasteiger partial charge is 0.281 e. The Bertz CT molecular complexity index is 192. The number of hydrogen-bond donors (Lipinski definition) is 0. The van der Waals surface area contributed by atoms with Crippen LogP contribution in [0.2, 0.25) is 0 Å². The third kappa shape index (κ3) is 16.0. The van der Waals surface area contributed by atoms with E-state index < -0.39 is 0 Å². The molecule has 0 aliphatic rings. The lowest BCUT2D eigenvalue weighted by Gasteiger charge is -2.12. The molecule has 122 valence electrons. The molecule has 0 spiro atoms. The molecule has 0 heterocycles. The molecule has 20 heavy (non-hydrogen) atoms. The maximum Gasteiger partial charge on any atom is 0.224 e. The van der Waals surface area contributed by atoms with Crippen LogP contribution in [0.5, 0.6) is 0 Å². The predicted octanol–water partition coefficient (Wildman–Crippen LogP) is 7.12. The molecule has 2 heteroatoms. The monoisotopic (exact) mass is 304 g/mol. The Morgan fingerprint density at radius 2 is 1.10 bits per heavy atom. The lowest BCUT2D eigenvalue weighted by atomic mass is 9.95. The summed E-state index contributed by atoms with van der Waals surface area (Å²) in [4.78, 5) is 11.3. The average Bonchev–Trinajstić information content (AvgIpc) is 2.46. The fraction of sp³-hybridized carbons (Fsp3) is 0.944. The Hall–Kier alpha value is -0.0400. The molecule has 0 aromatic carbocycles. The number of halogens is 1. The first-order valence-electron chi connectivity index (χ1n) is 8.91. The molecule has 0 aliphatic carbocycles. The van der Waals surface area contributed by atoms with E-state index in [1.54, 1.807) is 0 Å². The molecule has 0 saturated carbocycles. The zero-order chi connectivity index (χ0) is 15.6. The first-order chi connectivity index (χ1) is 9.72. The Morgan fingerprint density at radius 3 is 1.50 bits per heavy atom. The molecule has 0 aromatic heterocycles. The smallest absolute Gasteiger partial charge is 0.224 e. The van der Waals surface area contributed by atoms with Crippen molar-refractivity contribution in [2.24, 2.45) is 5.92 Å². The standard InChI is InChI=1S/C16H31ClO.C2H6/c1-3-5-7-9-10-12-14-15(16(17)18)13-11-8-6-4-2;1-2/h15H,3-14H2,1-2H3;1-2H3. The maximum absolute atomic E-state index is 11.3. The van der Waals surface area contributed by atoms with Gasteiger partial charge in [0.15, 0.2) is 0 Å². The Morgan fingerprint density at radius 1 is 0.750 bits per heavy atom. The van der Waals surface area contributed by atoms with E-state index in [1.807, 2.05) is 13.8 Å². The van der Waals surface area contributed by atoms with Crippen molar-refractivity contribution in [1.29, 1.82) is 0 Å². The molecule has 0 aromatic rings. The van der Waals surface area contributed by atoms with Gasteiger partial charge in [0, 0.05) is 5.92 Å². The van der Waals surface area contributed by atoms with Gasteiger partial charge in [-0.05, 0) is 24.4 Å². The summed E-state index contributed by atoms with van der Waals surface area (Å²) in [5, 5.41) is -0.111. The predicted molar refractivity (Wildman–Crippen MR) is 92.5 cm³/mol. The number of hydrogen-bond acceptors (Lipinski definition) is 1. The zero-order valence-electron chi connectivity index (χ0n) is 14.3. The van der Waals surface area contributed by atoms with Gasteiger partial charge in [-0.3, -0.25) is 4.79 Å². The van der Waals surface area contributed by atoms with Gasteiger partial charge in [0.2, 0.25) is 5.24 Å². The van der Waals surface area contributed by atoms with E-state index >= 15 is 0 Å². The molecule has 0 radical (unpaired) electrons. The van der Waals surface area contributed by atoms with E-state index in [9.17, 15) is 4.79 Å². The van der Waals surface area contributed by atoms with Gasteiger partial charge in [0.1, 0.15) is 0 Å². The van der Waals surface area contributed by atoms with Gasteiger partial charge in [0.25, 0.3) is 0 Å². The van der Waals surface area contributed by atoms with E-state index in [2.05, 4.69) is 13.8 Å². The van der Waals surface area contributed by atoms with Crippen LogP contribution in [0.1, 0.15) is 105 Å². The van der Waals surface area contributed by atoms with Crippen molar-refractivity contribution >= 4 is 16.8 Å². The third-order valence-electron chi connectivity index (χ3n) is 3.63. The Labute approximate surface area is 132 Å². The Kier molecular flexibility index (Phi) is 21.1. The molecule has 0 bridgehead atoms. The van der Waals surface area contributed by atoms with Crippen molar-refractivity contribution in [1.82, 2.24) is 0 Å². The second kappa shape index (κ2) is 19.0. The second-order valence-electron chi connectivity index (χ2n) is 5.41. The summed E-state index contributed by atoms with van der Waals surface area (Å²) in [5.74, 6) is 0.120. The molecule has 0 N–H and O–H groups in total. The summed E-state index contributed by atoms with van der Waals surface area (Å²) >= 11 is 5.68. The molecule has 0 aliphatic heterocycles. The number of unbranched alkanes of at least 4 members (excludes halogenated alkanes) is 8. The van der Waals surface area contributed by atoms with Crippen LogP contribution in [0.25, 0.3) is 0 Å². The summed E-state index contributed by atoms with van der Waals surface area (Å²) in [7, 11) is 0. The average molecular weight is 305 g/mol. The minimum absolute atomic E-state index is 0.111. The van der Waals surface area contributed by atoms with Crippen LogP contribution < -0.4 is 0 Å². The summed E-state index contributed by atoms with van der Waals surface area (Å²) in [6.07, 6.45) is 14.6. The fourth-order valence-electron chi connectivity index (χ4n) is 2.36. The number of carbonyl (C=O) groups excluding carboxylic acids is 1. The van der Waals surface area contributed by atoms with Crippen molar-refractivity contribution in [2.75, 3.05) is 0 Å². The van der Waals surface area contributed by atoms with Crippen molar-refractivity contribution in [3.63, 3.8) is 0 Å². The third-order valence-corrected chi connectivity index (χ3v) is 3.94. The van der Waals surface area contributed by atoms with E-state index in [0.29, 0.717) is 0 Å².